The molecule has 2 aliphatic rings. The Labute approximate surface area is 179 Å². The fraction of sp³-hybridized carbons (Fsp3) is 0.318. The van der Waals surface area contributed by atoms with Crippen molar-refractivity contribution in [3.63, 3.8) is 0 Å². The van der Waals surface area contributed by atoms with Crippen LogP contribution < -0.4 is 20.3 Å². The number of hydrogen-bond donors (Lipinski definition) is 2. The van der Waals surface area contributed by atoms with Crippen LogP contribution in [-0.2, 0) is 13.0 Å². The second-order valence-electron chi connectivity index (χ2n) is 8.18. The van der Waals surface area contributed by atoms with Crippen LogP contribution >= 0.6 is 11.3 Å². The minimum absolute atomic E-state index is 0.0343. The third-order valence-corrected chi connectivity index (χ3v) is 6.35. The highest BCUT2D eigenvalue weighted by Crippen LogP contribution is 2.41. The van der Waals surface area contributed by atoms with Crippen LogP contribution in [-0.4, -0.2) is 34.6 Å². The zero-order valence-corrected chi connectivity index (χ0v) is 17.8. The number of carbonyl (C=O) groups is 1. The molecule has 0 unspecified atom stereocenters. The van der Waals surface area contributed by atoms with Gasteiger partial charge in [-0.15, -0.1) is 0 Å². The molecule has 8 heteroatoms. The van der Waals surface area contributed by atoms with E-state index in [0.717, 1.165) is 39.9 Å². The SMILES string of the molecule is CC1(C)Cc2nc(N3CCOc4ccc(CNc5cccnc5)cc43)sc2C(=O)N1. The van der Waals surface area contributed by atoms with Crippen molar-refractivity contribution >= 4 is 33.8 Å². The van der Waals surface area contributed by atoms with E-state index in [2.05, 4.69) is 32.7 Å². The summed E-state index contributed by atoms with van der Waals surface area (Å²) in [5.74, 6) is 0.803. The molecule has 1 aromatic carbocycles. The molecule has 3 aromatic rings. The number of carbonyl (C=O) groups excluding carboxylic acids is 1. The Morgan fingerprint density at radius 2 is 2.23 bits per heavy atom. The summed E-state index contributed by atoms with van der Waals surface area (Å²) in [6.07, 6.45) is 4.30. The number of ether oxygens (including phenoxy) is 1. The highest BCUT2D eigenvalue weighted by Gasteiger charge is 2.34. The molecule has 2 aliphatic heterocycles. The van der Waals surface area contributed by atoms with Gasteiger partial charge < -0.3 is 20.3 Å². The minimum atomic E-state index is -0.274. The van der Waals surface area contributed by atoms with Crippen LogP contribution in [0.2, 0.25) is 0 Å². The fourth-order valence-corrected chi connectivity index (χ4v) is 4.84. The van der Waals surface area contributed by atoms with Gasteiger partial charge in [-0.2, -0.15) is 0 Å². The largest absolute Gasteiger partial charge is 0.490 e. The van der Waals surface area contributed by atoms with Gasteiger partial charge in [-0.1, -0.05) is 17.4 Å². The van der Waals surface area contributed by atoms with Crippen molar-refractivity contribution in [1.29, 1.82) is 0 Å². The summed E-state index contributed by atoms with van der Waals surface area (Å²) in [6, 6.07) is 10.1. The molecule has 2 aromatic heterocycles. The van der Waals surface area contributed by atoms with Gasteiger partial charge in [0.05, 0.1) is 23.6 Å². The van der Waals surface area contributed by atoms with Gasteiger partial charge in [-0.3, -0.25) is 9.78 Å². The highest BCUT2D eigenvalue weighted by molar-refractivity contribution is 7.17. The quantitative estimate of drug-likeness (QED) is 0.668. The summed E-state index contributed by atoms with van der Waals surface area (Å²) in [6.45, 7) is 6.01. The van der Waals surface area contributed by atoms with Gasteiger partial charge in [0.2, 0.25) is 0 Å². The first kappa shape index (κ1) is 18.9. The van der Waals surface area contributed by atoms with Crippen molar-refractivity contribution in [1.82, 2.24) is 15.3 Å². The van der Waals surface area contributed by atoms with Crippen molar-refractivity contribution < 1.29 is 9.53 Å². The molecular weight excluding hydrogens is 398 g/mol. The molecule has 7 nitrogen and oxygen atoms in total. The molecule has 4 heterocycles. The molecule has 0 atom stereocenters. The van der Waals surface area contributed by atoms with Crippen molar-refractivity contribution in [3.05, 3.63) is 58.9 Å². The van der Waals surface area contributed by atoms with E-state index in [9.17, 15) is 4.79 Å². The Bertz CT molecular complexity index is 1100. The second-order valence-corrected chi connectivity index (χ2v) is 9.16. The minimum Gasteiger partial charge on any atom is -0.490 e. The van der Waals surface area contributed by atoms with Crippen LogP contribution in [0.5, 0.6) is 5.75 Å². The number of amides is 1. The standard InChI is InChI=1S/C22H23N5O2S/c1-22(2)11-16-19(20(28)26-22)30-21(25-16)27-8-9-29-18-6-5-14(10-17(18)27)12-24-15-4-3-7-23-13-15/h3-7,10,13,24H,8-9,11-12H2,1-2H3,(H,26,28). The van der Waals surface area contributed by atoms with Crippen LogP contribution in [0.3, 0.4) is 0 Å². The lowest BCUT2D eigenvalue weighted by Crippen LogP contribution is -2.48. The summed E-state index contributed by atoms with van der Waals surface area (Å²) < 4.78 is 5.87. The van der Waals surface area contributed by atoms with Crippen LogP contribution in [0, 0.1) is 0 Å². The smallest absolute Gasteiger partial charge is 0.263 e. The van der Waals surface area contributed by atoms with Gasteiger partial charge >= 0.3 is 0 Å². The molecule has 154 valence electrons. The maximum absolute atomic E-state index is 12.5. The molecule has 0 aliphatic carbocycles. The first-order valence-electron chi connectivity index (χ1n) is 9.98. The predicted molar refractivity (Wildman–Crippen MR) is 118 cm³/mol. The summed E-state index contributed by atoms with van der Waals surface area (Å²) in [5.41, 5.74) is 3.70. The molecule has 0 saturated carbocycles. The monoisotopic (exact) mass is 421 g/mol. The summed E-state index contributed by atoms with van der Waals surface area (Å²) in [4.78, 5) is 24.4. The van der Waals surface area contributed by atoms with Crippen LogP contribution in [0.25, 0.3) is 0 Å². The zero-order valence-electron chi connectivity index (χ0n) is 16.9. The fourth-order valence-electron chi connectivity index (χ4n) is 3.82. The Hall–Kier alpha value is -3.13. The lowest BCUT2D eigenvalue weighted by molar-refractivity contribution is 0.0901. The Morgan fingerprint density at radius 1 is 1.33 bits per heavy atom. The first-order valence-corrected chi connectivity index (χ1v) is 10.8. The lowest BCUT2D eigenvalue weighted by atomic mass is 9.94. The number of thiazole rings is 1. The van der Waals surface area contributed by atoms with Crippen LogP contribution in [0.15, 0.2) is 42.7 Å². The molecule has 2 N–H and O–H groups in total. The number of rotatable bonds is 4. The van der Waals surface area contributed by atoms with Crippen LogP contribution in [0.4, 0.5) is 16.5 Å². The van der Waals surface area contributed by atoms with E-state index in [4.69, 9.17) is 9.72 Å². The molecule has 0 spiro atoms. The maximum atomic E-state index is 12.5. The number of pyridine rings is 1. The number of aromatic nitrogens is 2. The number of anilines is 3. The van der Waals surface area contributed by atoms with E-state index in [-0.39, 0.29) is 11.4 Å². The van der Waals surface area contributed by atoms with Gasteiger partial charge in [0, 0.05) is 30.9 Å². The number of hydrogen-bond acceptors (Lipinski definition) is 7. The molecular formula is C22H23N5O2S. The molecule has 30 heavy (non-hydrogen) atoms. The van der Waals surface area contributed by atoms with E-state index in [0.29, 0.717) is 24.6 Å². The summed E-state index contributed by atoms with van der Waals surface area (Å²) in [7, 11) is 0. The Kier molecular flexibility index (Phi) is 4.58. The second kappa shape index (κ2) is 7.28. The van der Waals surface area contributed by atoms with Gasteiger partial charge in [0.15, 0.2) is 5.13 Å². The van der Waals surface area contributed by atoms with Gasteiger partial charge in [-0.05, 0) is 43.7 Å². The highest BCUT2D eigenvalue weighted by atomic mass is 32.1. The van der Waals surface area contributed by atoms with E-state index in [1.54, 1.807) is 12.4 Å². The Morgan fingerprint density at radius 3 is 3.07 bits per heavy atom. The lowest BCUT2D eigenvalue weighted by Gasteiger charge is -2.30. The van der Waals surface area contributed by atoms with Crippen molar-refractivity contribution in [2.75, 3.05) is 23.4 Å². The average Bonchev–Trinajstić information content (AvgIpc) is 3.15. The number of nitrogens with zero attached hydrogens (tertiary/aromatic N) is 3. The molecule has 0 bridgehead atoms. The average molecular weight is 422 g/mol. The molecule has 0 saturated heterocycles. The van der Waals surface area contributed by atoms with Crippen molar-refractivity contribution in [2.45, 2.75) is 32.4 Å². The number of fused-ring (bicyclic) bond motifs is 2. The topological polar surface area (TPSA) is 79.4 Å². The van der Waals surface area contributed by atoms with E-state index in [1.165, 1.54) is 11.3 Å². The third-order valence-electron chi connectivity index (χ3n) is 5.23. The maximum Gasteiger partial charge on any atom is 0.263 e. The normalized spacial score (nSPS) is 16.9. The third kappa shape index (κ3) is 3.59. The Balaban J connectivity index is 1.43. The molecule has 0 fully saturated rings. The summed E-state index contributed by atoms with van der Waals surface area (Å²) >= 11 is 1.45. The molecule has 0 radical (unpaired) electrons. The number of benzene rings is 1. The molecule has 5 rings (SSSR count). The van der Waals surface area contributed by atoms with Gasteiger partial charge in [0.1, 0.15) is 17.2 Å². The van der Waals surface area contributed by atoms with Crippen molar-refractivity contribution in [3.8, 4) is 5.75 Å². The van der Waals surface area contributed by atoms with Gasteiger partial charge in [0.25, 0.3) is 5.91 Å². The van der Waals surface area contributed by atoms with E-state index < -0.39 is 0 Å². The van der Waals surface area contributed by atoms with E-state index in [1.807, 2.05) is 32.0 Å². The summed E-state index contributed by atoms with van der Waals surface area (Å²) in [5, 5.41) is 7.30. The van der Waals surface area contributed by atoms with Gasteiger partial charge in [-0.25, -0.2) is 4.98 Å². The van der Waals surface area contributed by atoms with Crippen molar-refractivity contribution in [2.24, 2.45) is 0 Å². The molecule has 1 amide bonds. The first-order chi connectivity index (χ1) is 14.5. The number of nitrogens with one attached hydrogen (secondary N) is 2. The predicted octanol–water partition coefficient (Wildman–Crippen LogP) is 3.75. The van der Waals surface area contributed by atoms with E-state index >= 15 is 0 Å². The zero-order chi connectivity index (χ0) is 20.7. The van der Waals surface area contributed by atoms with Crippen LogP contribution in [0.1, 0.15) is 34.8 Å².